The summed E-state index contributed by atoms with van der Waals surface area (Å²) in [6, 6.07) is 9.37. The van der Waals surface area contributed by atoms with Gasteiger partial charge in [0.1, 0.15) is 17.3 Å². The highest BCUT2D eigenvalue weighted by molar-refractivity contribution is 6.42. The SMILES string of the molecule is CC(C)(C)C[C@@H]1N[C@@H](C(=O)O)[C@H](c2ccc(Cl)c(Cl)c2)[C@@]1(C#N)c1ccc(Cl)cc1F.O=C(O)C(F)(F)F. The first kappa shape index (κ1) is 31.6. The molecule has 3 rings (SSSR count). The van der Waals surface area contributed by atoms with Crippen LogP contribution >= 0.6 is 34.8 Å². The van der Waals surface area contributed by atoms with Crippen molar-refractivity contribution in [2.45, 2.75) is 56.8 Å². The Bertz CT molecular complexity index is 1260. The fraction of sp³-hybridized carbons (Fsp3) is 0.400. The van der Waals surface area contributed by atoms with Crippen molar-refractivity contribution in [3.8, 4) is 6.07 Å². The van der Waals surface area contributed by atoms with Gasteiger partial charge in [-0.15, -0.1) is 0 Å². The molecule has 38 heavy (non-hydrogen) atoms. The van der Waals surface area contributed by atoms with E-state index in [-0.39, 0.29) is 21.0 Å². The molecule has 1 aliphatic rings. The highest BCUT2D eigenvalue weighted by Gasteiger charge is 2.60. The summed E-state index contributed by atoms with van der Waals surface area (Å²) >= 11 is 18.2. The minimum Gasteiger partial charge on any atom is -0.480 e. The molecule has 0 aromatic heterocycles. The number of alkyl halides is 3. The number of hydrogen-bond acceptors (Lipinski definition) is 4. The predicted octanol–water partition coefficient (Wildman–Crippen LogP) is 6.83. The smallest absolute Gasteiger partial charge is 0.480 e. The van der Waals surface area contributed by atoms with Crippen molar-refractivity contribution >= 4 is 46.7 Å². The molecule has 0 aliphatic carbocycles. The molecule has 0 saturated carbocycles. The van der Waals surface area contributed by atoms with Crippen LogP contribution in [0.15, 0.2) is 36.4 Å². The molecule has 2 aromatic rings. The largest absolute Gasteiger partial charge is 0.490 e. The van der Waals surface area contributed by atoms with Crippen molar-refractivity contribution in [1.29, 1.82) is 5.26 Å². The first-order valence-corrected chi connectivity index (χ1v) is 12.1. The van der Waals surface area contributed by atoms with Crippen LogP contribution in [0, 0.1) is 22.6 Å². The van der Waals surface area contributed by atoms with Gasteiger partial charge in [0.25, 0.3) is 0 Å². The van der Waals surface area contributed by atoms with Gasteiger partial charge in [-0.3, -0.25) is 10.1 Å². The molecule has 1 fully saturated rings. The van der Waals surface area contributed by atoms with E-state index in [1.54, 1.807) is 18.2 Å². The van der Waals surface area contributed by atoms with Crippen LogP contribution in [0.1, 0.15) is 44.2 Å². The summed E-state index contributed by atoms with van der Waals surface area (Å²) in [5.74, 6) is -5.48. The van der Waals surface area contributed by atoms with Crippen LogP contribution in [0.3, 0.4) is 0 Å². The zero-order valence-electron chi connectivity index (χ0n) is 20.2. The molecule has 0 amide bonds. The Labute approximate surface area is 231 Å². The van der Waals surface area contributed by atoms with E-state index in [0.29, 0.717) is 17.0 Å². The monoisotopic (exact) mass is 596 g/mol. The molecule has 0 unspecified atom stereocenters. The number of benzene rings is 2. The van der Waals surface area contributed by atoms with Crippen LogP contribution < -0.4 is 5.32 Å². The molecule has 0 spiro atoms. The molecule has 0 radical (unpaired) electrons. The number of nitriles is 1. The number of rotatable bonds is 4. The molecule has 2 aromatic carbocycles. The second-order valence-electron chi connectivity index (χ2n) is 9.86. The lowest BCUT2D eigenvalue weighted by atomic mass is 9.63. The quantitative estimate of drug-likeness (QED) is 0.334. The third-order valence-electron chi connectivity index (χ3n) is 5.94. The summed E-state index contributed by atoms with van der Waals surface area (Å²) in [6.45, 7) is 5.95. The second kappa shape index (κ2) is 11.7. The topological polar surface area (TPSA) is 110 Å². The zero-order chi connectivity index (χ0) is 29.2. The summed E-state index contributed by atoms with van der Waals surface area (Å²) in [5, 5.41) is 31.5. The number of hydrogen-bond donors (Lipinski definition) is 3. The molecular weight excluding hydrogens is 575 g/mol. The number of carboxylic acid groups (broad SMARTS) is 2. The molecule has 206 valence electrons. The van der Waals surface area contributed by atoms with Crippen molar-refractivity contribution in [2.24, 2.45) is 5.41 Å². The molecule has 3 N–H and O–H groups in total. The lowest BCUT2D eigenvalue weighted by molar-refractivity contribution is -0.192. The Morgan fingerprint density at radius 2 is 1.63 bits per heavy atom. The number of halogens is 7. The molecule has 1 aliphatic heterocycles. The van der Waals surface area contributed by atoms with Gasteiger partial charge in [-0.25, -0.2) is 9.18 Å². The highest BCUT2D eigenvalue weighted by Crippen LogP contribution is 2.52. The second-order valence-corrected chi connectivity index (χ2v) is 11.1. The van der Waals surface area contributed by atoms with E-state index >= 15 is 4.39 Å². The number of aliphatic carboxylic acids is 2. The van der Waals surface area contributed by atoms with E-state index in [1.807, 2.05) is 20.8 Å². The Balaban J connectivity index is 0.000000638. The van der Waals surface area contributed by atoms with Gasteiger partial charge in [0.15, 0.2) is 0 Å². The van der Waals surface area contributed by atoms with Gasteiger partial charge in [0.05, 0.1) is 16.1 Å². The summed E-state index contributed by atoms with van der Waals surface area (Å²) in [5.41, 5.74) is -1.21. The third-order valence-corrected chi connectivity index (χ3v) is 6.92. The van der Waals surface area contributed by atoms with Gasteiger partial charge >= 0.3 is 18.1 Å². The van der Waals surface area contributed by atoms with Crippen molar-refractivity contribution in [2.75, 3.05) is 0 Å². The van der Waals surface area contributed by atoms with Crippen LogP contribution in [-0.2, 0) is 15.0 Å². The van der Waals surface area contributed by atoms with Gasteiger partial charge in [-0.2, -0.15) is 18.4 Å². The van der Waals surface area contributed by atoms with Crippen LogP contribution in [-0.4, -0.2) is 40.4 Å². The normalized spacial score (nSPS) is 23.2. The third kappa shape index (κ3) is 6.89. The van der Waals surface area contributed by atoms with Gasteiger partial charge in [0, 0.05) is 22.5 Å². The summed E-state index contributed by atoms with van der Waals surface area (Å²) in [4.78, 5) is 21.2. The van der Waals surface area contributed by atoms with Crippen molar-refractivity contribution in [3.63, 3.8) is 0 Å². The van der Waals surface area contributed by atoms with E-state index < -0.39 is 47.3 Å². The van der Waals surface area contributed by atoms with Gasteiger partial charge in [-0.05, 0) is 41.7 Å². The fourth-order valence-electron chi connectivity index (χ4n) is 4.52. The van der Waals surface area contributed by atoms with Gasteiger partial charge in [-0.1, -0.05) is 67.7 Å². The van der Waals surface area contributed by atoms with Crippen LogP contribution in [0.2, 0.25) is 15.1 Å². The van der Waals surface area contributed by atoms with Crippen LogP contribution in [0.5, 0.6) is 0 Å². The van der Waals surface area contributed by atoms with Crippen LogP contribution in [0.4, 0.5) is 17.6 Å². The van der Waals surface area contributed by atoms with E-state index in [1.165, 1.54) is 12.1 Å². The van der Waals surface area contributed by atoms with Crippen LogP contribution in [0.25, 0.3) is 0 Å². The van der Waals surface area contributed by atoms with E-state index in [4.69, 9.17) is 44.7 Å². The molecule has 6 nitrogen and oxygen atoms in total. The van der Waals surface area contributed by atoms with Gasteiger partial charge in [0.2, 0.25) is 0 Å². The molecule has 1 heterocycles. The maximum atomic E-state index is 15.2. The molecule has 13 heteroatoms. The predicted molar refractivity (Wildman–Crippen MR) is 134 cm³/mol. The van der Waals surface area contributed by atoms with E-state index in [9.17, 15) is 28.3 Å². The lowest BCUT2D eigenvalue weighted by Crippen LogP contribution is -2.44. The number of nitrogens with one attached hydrogen (secondary N) is 1. The number of carbonyl (C=O) groups is 2. The number of carboxylic acids is 2. The Morgan fingerprint density at radius 1 is 1.05 bits per heavy atom. The average Bonchev–Trinajstić information content (AvgIpc) is 3.09. The Hall–Kier alpha value is -2.58. The summed E-state index contributed by atoms with van der Waals surface area (Å²) < 4.78 is 47.0. The molecule has 1 saturated heterocycles. The Kier molecular flexibility index (Phi) is 9.71. The van der Waals surface area contributed by atoms with Crippen molar-refractivity contribution in [1.82, 2.24) is 5.32 Å². The van der Waals surface area contributed by atoms with Gasteiger partial charge < -0.3 is 10.2 Å². The average molecular weight is 598 g/mol. The summed E-state index contributed by atoms with van der Waals surface area (Å²) in [6.07, 6.45) is -4.65. The maximum Gasteiger partial charge on any atom is 0.490 e. The van der Waals surface area contributed by atoms with E-state index in [2.05, 4.69) is 11.4 Å². The minimum absolute atomic E-state index is 0.0981. The first-order chi connectivity index (χ1) is 17.3. The number of nitrogens with zero attached hydrogens (tertiary/aromatic N) is 1. The maximum absolute atomic E-state index is 15.2. The summed E-state index contributed by atoms with van der Waals surface area (Å²) in [7, 11) is 0. The highest BCUT2D eigenvalue weighted by atomic mass is 35.5. The fourth-order valence-corrected chi connectivity index (χ4v) is 4.98. The van der Waals surface area contributed by atoms with E-state index in [0.717, 1.165) is 6.07 Å². The zero-order valence-corrected chi connectivity index (χ0v) is 22.5. The first-order valence-electron chi connectivity index (χ1n) is 11.0. The minimum atomic E-state index is -5.08. The van der Waals surface area contributed by atoms with Crippen molar-refractivity contribution < 1.29 is 37.4 Å². The molecular formula is C25H23Cl3F4N2O4. The lowest BCUT2D eigenvalue weighted by Gasteiger charge is -2.37. The van der Waals surface area contributed by atoms with Crippen molar-refractivity contribution in [3.05, 3.63) is 68.4 Å². The molecule has 4 atom stereocenters. The molecule has 0 bridgehead atoms. The standard InChI is InChI=1S/C23H22Cl3FN2O2.C2HF3O2/c1-22(2,3)10-18-23(11-28,14-6-5-13(24)9-17(14)27)19(20(29-18)21(30)31)12-4-7-15(25)16(26)8-12;3-2(4,5)1(6)7/h4-9,18-20,29H,10H2,1-3H3,(H,30,31);(H,6,7)/t18-,19-,20+,23-;/m0./s1. The Morgan fingerprint density at radius 3 is 2.05 bits per heavy atom.